The van der Waals surface area contributed by atoms with Crippen molar-refractivity contribution in [2.45, 2.75) is 84.4 Å². The first kappa shape index (κ1) is 35.9. The molecule has 0 saturated heterocycles. The molecular weight excluding hydrogens is 638 g/mol. The lowest BCUT2D eigenvalue weighted by molar-refractivity contribution is -0.115. The van der Waals surface area contributed by atoms with Gasteiger partial charge in [0.15, 0.2) is 5.65 Å². The molecule has 254 valence electrons. The third kappa shape index (κ3) is 10.8. The first-order valence-electron chi connectivity index (χ1n) is 14.8. The molecule has 16 heteroatoms. The molecule has 0 atom stereocenters. The highest BCUT2D eigenvalue weighted by Gasteiger charge is 2.29. The number of imidazole rings is 1. The van der Waals surface area contributed by atoms with Gasteiger partial charge in [-0.05, 0) is 72.4 Å². The number of halogens is 3. The van der Waals surface area contributed by atoms with Crippen molar-refractivity contribution < 1.29 is 26.7 Å². The molecule has 1 saturated carbocycles. The summed E-state index contributed by atoms with van der Waals surface area (Å²) < 4.78 is 56.2. The summed E-state index contributed by atoms with van der Waals surface area (Å²) in [7, 11) is -1.75. The number of nitrogens with zero attached hydrogens (tertiary/aromatic N) is 4. The quantitative estimate of drug-likeness (QED) is 0.125. The van der Waals surface area contributed by atoms with Gasteiger partial charge in [0.2, 0.25) is 0 Å². The van der Waals surface area contributed by atoms with E-state index in [1.54, 1.807) is 35.1 Å². The molecule has 0 spiro atoms. The van der Waals surface area contributed by atoms with E-state index in [9.17, 15) is 22.8 Å². The zero-order valence-electron chi connectivity index (χ0n) is 27.0. The van der Waals surface area contributed by atoms with Gasteiger partial charge in [0, 0.05) is 41.6 Å². The molecule has 47 heavy (non-hydrogen) atoms. The smallest absolute Gasteiger partial charge is 0.376 e. The molecule has 3 aromatic heterocycles. The Morgan fingerprint density at radius 2 is 1.74 bits per heavy atom. The van der Waals surface area contributed by atoms with E-state index in [4.69, 9.17) is 19.0 Å². The summed E-state index contributed by atoms with van der Waals surface area (Å²) >= 11 is 0. The number of benzene rings is 1. The maximum Gasteiger partial charge on any atom is 0.405 e. The second-order valence-corrected chi connectivity index (χ2v) is 13.9. The molecule has 4 aromatic rings. The van der Waals surface area contributed by atoms with Crippen molar-refractivity contribution in [1.82, 2.24) is 24.1 Å². The minimum atomic E-state index is -4.24. The average molecular weight is 678 g/mol. The zero-order chi connectivity index (χ0) is 34.6. The van der Waals surface area contributed by atoms with Crippen LogP contribution in [-0.4, -0.2) is 54.3 Å². The molecule has 1 fully saturated rings. The molecule has 3 N–H and O–H groups in total. The second-order valence-electron chi connectivity index (χ2n) is 12.8. The number of H-pyrrole nitrogens is 1. The van der Waals surface area contributed by atoms with Gasteiger partial charge in [-0.2, -0.15) is 18.3 Å². The number of anilines is 1. The Kier molecular flexibility index (Phi) is 11.1. The predicted octanol–water partition coefficient (Wildman–Crippen LogP) is 6.61. The van der Waals surface area contributed by atoms with E-state index >= 15 is 0 Å². The van der Waals surface area contributed by atoms with Gasteiger partial charge < -0.3 is 19.8 Å². The van der Waals surface area contributed by atoms with Crippen LogP contribution < -0.4 is 16.6 Å². The number of rotatable bonds is 10. The van der Waals surface area contributed by atoms with Gasteiger partial charge in [0.05, 0.1) is 22.5 Å². The highest BCUT2D eigenvalue weighted by atomic mass is 31.2. The van der Waals surface area contributed by atoms with Crippen molar-refractivity contribution in [2.24, 2.45) is 0 Å². The molecule has 1 aromatic carbocycles. The van der Waals surface area contributed by atoms with Crippen LogP contribution in [0.4, 0.5) is 18.9 Å². The highest BCUT2D eigenvalue weighted by Crippen LogP contribution is 2.47. The van der Waals surface area contributed by atoms with Crippen molar-refractivity contribution in [3.05, 3.63) is 80.9 Å². The van der Waals surface area contributed by atoms with E-state index in [1.165, 1.54) is 16.8 Å². The minimum Gasteiger partial charge on any atom is -0.376 e. The lowest BCUT2D eigenvalue weighted by Crippen LogP contribution is -2.31. The fourth-order valence-corrected chi connectivity index (χ4v) is 5.42. The number of aromatic amines is 1. The highest BCUT2D eigenvalue weighted by molar-refractivity contribution is 7.41. The number of nitrogens with one attached hydrogen (secondary N) is 3. The molecule has 1 aliphatic carbocycles. The summed E-state index contributed by atoms with van der Waals surface area (Å²) in [5.74, 6) is 0.414. The molecule has 12 nitrogen and oxygen atoms in total. The van der Waals surface area contributed by atoms with Crippen LogP contribution in [0, 0.1) is 5.41 Å². The maximum absolute atomic E-state index is 12.7. The molecule has 0 bridgehead atoms. The second kappa shape index (κ2) is 14.5. The Balaban J connectivity index is 0.000000300. The topological polar surface area (TPSA) is 149 Å². The number of aromatic nitrogens is 5. The number of hydrogen-bond acceptors (Lipinski definition) is 9. The number of alkyl halides is 3. The monoisotopic (exact) mass is 677 g/mol. The zero-order valence-corrected chi connectivity index (χ0v) is 27.9. The van der Waals surface area contributed by atoms with Crippen molar-refractivity contribution in [3.63, 3.8) is 0 Å². The molecule has 3 heterocycles. The molecule has 0 aliphatic heterocycles. The van der Waals surface area contributed by atoms with Crippen molar-refractivity contribution in [3.8, 4) is 11.3 Å². The first-order chi connectivity index (χ1) is 21.9. The van der Waals surface area contributed by atoms with E-state index in [1.807, 2.05) is 47.6 Å². The Hall–Kier alpha value is -3.91. The van der Waals surface area contributed by atoms with E-state index in [2.05, 4.69) is 20.4 Å². The molecular formula is C31H39F3N7O5P. The Labute approximate surface area is 270 Å². The summed E-state index contributed by atoms with van der Waals surface area (Å²) in [6.45, 7) is 10.2. The van der Waals surface area contributed by atoms with Crippen LogP contribution in [0.2, 0.25) is 0 Å². The summed E-state index contributed by atoms with van der Waals surface area (Å²) in [6, 6.07) is 8.25. The number of para-hydroxylation sites is 1. The predicted molar refractivity (Wildman–Crippen MR) is 174 cm³/mol. The van der Waals surface area contributed by atoms with Crippen LogP contribution in [0.3, 0.4) is 0 Å². The summed E-state index contributed by atoms with van der Waals surface area (Å²) in [4.78, 5) is 31.9. The van der Waals surface area contributed by atoms with Gasteiger partial charge in [-0.1, -0.05) is 18.2 Å². The Morgan fingerprint density at radius 3 is 2.34 bits per heavy atom. The van der Waals surface area contributed by atoms with Crippen molar-refractivity contribution in [1.29, 1.82) is 5.41 Å². The third-order valence-corrected chi connectivity index (χ3v) is 8.01. The summed E-state index contributed by atoms with van der Waals surface area (Å²) in [5.41, 5.74) is 1.25. The lowest BCUT2D eigenvalue weighted by Gasteiger charge is -2.30. The SMILES string of the molecule is CC(C)(C)OP(OCn1cc(-c2cc(C3CC3)c3nccn3n2)c(=O)[nH]c1=O)OC(C)(C)C.N=Cc1ccccc1NCC(F)(F)F. The van der Waals surface area contributed by atoms with Crippen LogP contribution in [0.15, 0.2) is 58.5 Å². The third-order valence-electron chi connectivity index (χ3n) is 6.29. The number of hydrogen-bond donors (Lipinski definition) is 3. The van der Waals surface area contributed by atoms with Gasteiger partial charge in [0.25, 0.3) is 5.56 Å². The van der Waals surface area contributed by atoms with E-state index in [-0.39, 0.29) is 12.3 Å². The van der Waals surface area contributed by atoms with Gasteiger partial charge in [-0.25, -0.2) is 14.3 Å². The number of fused-ring (bicyclic) bond motifs is 1. The Bertz CT molecular complexity index is 1790. The van der Waals surface area contributed by atoms with Crippen LogP contribution in [0.5, 0.6) is 0 Å². The van der Waals surface area contributed by atoms with E-state index in [0.717, 1.165) is 30.3 Å². The summed E-state index contributed by atoms with van der Waals surface area (Å²) in [6.07, 6.45) is 3.84. The molecule has 0 unspecified atom stereocenters. The standard InChI is InChI=1S/C22H30N5O5P.C9H9F3N2/c1-21(2,3)31-33(32-22(4,5)6)30-13-26-12-16(19(28)24-20(26)29)17-11-15(14-7-8-14)18-23-9-10-27(18)25-17;10-9(11,12)6-14-8-4-2-1-3-7(8)5-13/h9-12,14H,7-8,13H2,1-6H3,(H,24,28,29);1-5,13-14H,6H2. The van der Waals surface area contributed by atoms with Crippen LogP contribution in [0.1, 0.15) is 71.4 Å². The van der Waals surface area contributed by atoms with Gasteiger partial charge in [0.1, 0.15) is 13.3 Å². The normalized spacial score (nSPS) is 13.8. The van der Waals surface area contributed by atoms with Crippen LogP contribution >= 0.6 is 8.60 Å². The fourth-order valence-electron chi connectivity index (χ4n) is 4.16. The fraction of sp³-hybridized carbons (Fsp3) is 0.452. The molecule has 1 aliphatic rings. The van der Waals surface area contributed by atoms with Crippen molar-refractivity contribution >= 4 is 26.2 Å². The molecule has 5 rings (SSSR count). The Morgan fingerprint density at radius 1 is 1.09 bits per heavy atom. The van der Waals surface area contributed by atoms with Crippen LogP contribution in [0.25, 0.3) is 16.9 Å². The van der Waals surface area contributed by atoms with E-state index in [0.29, 0.717) is 22.9 Å². The lowest BCUT2D eigenvalue weighted by atomic mass is 10.1. The van der Waals surface area contributed by atoms with Crippen LogP contribution in [-0.2, 0) is 20.3 Å². The average Bonchev–Trinajstić information content (AvgIpc) is 3.70. The molecule has 0 amide bonds. The van der Waals surface area contributed by atoms with Gasteiger partial charge in [-0.15, -0.1) is 0 Å². The maximum atomic E-state index is 12.7. The minimum absolute atomic E-state index is 0.150. The molecule has 0 radical (unpaired) electrons. The van der Waals surface area contributed by atoms with Gasteiger partial charge >= 0.3 is 20.5 Å². The summed E-state index contributed by atoms with van der Waals surface area (Å²) in [5, 5.41) is 13.7. The largest absolute Gasteiger partial charge is 0.405 e. The van der Waals surface area contributed by atoms with Crippen molar-refractivity contribution in [2.75, 3.05) is 11.9 Å². The van der Waals surface area contributed by atoms with E-state index < -0.39 is 43.8 Å². The van der Waals surface area contributed by atoms with Gasteiger partial charge in [-0.3, -0.25) is 18.9 Å². The first-order valence-corrected chi connectivity index (χ1v) is 15.9.